The monoisotopic (exact) mass is 283 g/mol. The molecule has 1 aromatic carbocycles. The molecule has 0 spiro atoms. The molecule has 0 radical (unpaired) electrons. The van der Waals surface area contributed by atoms with E-state index in [1.165, 1.54) is 68.0 Å². The number of aryl methyl sites for hydroxylation is 1. The molecule has 2 aromatic rings. The summed E-state index contributed by atoms with van der Waals surface area (Å²) in [6.45, 7) is 4.69. The minimum atomic E-state index is 0.901. The Bertz CT molecular complexity index is 581. The van der Waals surface area contributed by atoms with E-state index < -0.39 is 0 Å². The van der Waals surface area contributed by atoms with E-state index in [1.54, 1.807) is 5.56 Å². The predicted octanol–water partition coefficient (Wildman–Crippen LogP) is 5.88. The number of para-hydroxylation sites is 1. The van der Waals surface area contributed by atoms with Crippen molar-refractivity contribution in [2.24, 2.45) is 11.8 Å². The zero-order valence-corrected chi connectivity index (χ0v) is 13.6. The van der Waals surface area contributed by atoms with Gasteiger partial charge in [-0.2, -0.15) is 0 Å². The number of hydrogen-bond acceptors (Lipinski definition) is 0. The van der Waals surface area contributed by atoms with Gasteiger partial charge in [0, 0.05) is 16.6 Å². The summed E-state index contributed by atoms with van der Waals surface area (Å²) in [5, 5.41) is 1.47. The number of aromatic amines is 1. The number of unbranched alkanes of at least 4 members (excludes halogenated alkanes) is 1. The molecule has 1 aromatic heterocycles. The number of fused-ring (bicyclic) bond motifs is 3. The van der Waals surface area contributed by atoms with Gasteiger partial charge in [0.15, 0.2) is 0 Å². The summed E-state index contributed by atoms with van der Waals surface area (Å²) in [6, 6.07) is 8.83. The molecule has 1 aliphatic carbocycles. The van der Waals surface area contributed by atoms with E-state index in [1.807, 2.05) is 0 Å². The first kappa shape index (κ1) is 14.7. The average molecular weight is 283 g/mol. The molecule has 21 heavy (non-hydrogen) atoms. The van der Waals surface area contributed by atoms with Gasteiger partial charge < -0.3 is 4.98 Å². The molecule has 0 saturated heterocycles. The van der Waals surface area contributed by atoms with E-state index in [-0.39, 0.29) is 0 Å². The first-order valence-electron chi connectivity index (χ1n) is 8.90. The highest BCUT2D eigenvalue weighted by atomic mass is 14.7. The fraction of sp³-hybridized carbons (Fsp3) is 0.600. The van der Waals surface area contributed by atoms with Gasteiger partial charge in [0.1, 0.15) is 0 Å². The van der Waals surface area contributed by atoms with Gasteiger partial charge in [-0.15, -0.1) is 0 Å². The van der Waals surface area contributed by atoms with Crippen LogP contribution in [0.1, 0.15) is 63.6 Å². The van der Waals surface area contributed by atoms with Crippen molar-refractivity contribution < 1.29 is 0 Å². The molecule has 0 amide bonds. The average Bonchev–Trinajstić information content (AvgIpc) is 2.89. The Kier molecular flexibility index (Phi) is 4.67. The molecule has 0 fully saturated rings. The van der Waals surface area contributed by atoms with E-state index in [0.717, 1.165) is 11.8 Å². The summed E-state index contributed by atoms with van der Waals surface area (Å²) in [5.41, 5.74) is 4.46. The van der Waals surface area contributed by atoms with Crippen LogP contribution in [-0.4, -0.2) is 4.98 Å². The van der Waals surface area contributed by atoms with Gasteiger partial charge >= 0.3 is 0 Å². The van der Waals surface area contributed by atoms with E-state index in [9.17, 15) is 0 Å². The molecular formula is C20H29N. The third-order valence-corrected chi connectivity index (χ3v) is 5.41. The molecule has 1 heteroatoms. The summed E-state index contributed by atoms with van der Waals surface area (Å²) >= 11 is 0. The Morgan fingerprint density at radius 1 is 1.24 bits per heavy atom. The lowest BCUT2D eigenvalue weighted by Crippen LogP contribution is -2.17. The highest BCUT2D eigenvalue weighted by molar-refractivity contribution is 5.84. The summed E-state index contributed by atoms with van der Waals surface area (Å²) in [6.07, 6.45) is 10.9. The maximum absolute atomic E-state index is 3.64. The number of nitrogens with one attached hydrogen (secondary N) is 1. The van der Waals surface area contributed by atoms with Crippen LogP contribution in [-0.2, 0) is 12.8 Å². The first-order chi connectivity index (χ1) is 10.3. The molecule has 0 saturated carbocycles. The molecule has 1 aliphatic rings. The van der Waals surface area contributed by atoms with E-state index in [4.69, 9.17) is 0 Å². The maximum Gasteiger partial charge on any atom is 0.0458 e. The molecule has 0 aliphatic heterocycles. The Labute approximate surface area is 129 Å². The standard InChI is InChI=1S/C20H29N/c1-3-5-8-15(4-2)13-16-11-12-20-18(14-16)17-9-6-7-10-19(17)21-20/h6-7,9-10,15-16,21H,3-5,8,11-14H2,1-2H3. The van der Waals surface area contributed by atoms with Crippen LogP contribution in [0.15, 0.2) is 24.3 Å². The van der Waals surface area contributed by atoms with Crippen LogP contribution in [0, 0.1) is 11.8 Å². The number of rotatable bonds is 6. The van der Waals surface area contributed by atoms with Gasteiger partial charge in [0.25, 0.3) is 0 Å². The van der Waals surface area contributed by atoms with Gasteiger partial charge in [-0.05, 0) is 49.1 Å². The highest BCUT2D eigenvalue weighted by Crippen LogP contribution is 2.35. The lowest BCUT2D eigenvalue weighted by Gasteiger charge is -2.26. The van der Waals surface area contributed by atoms with Gasteiger partial charge in [-0.1, -0.05) is 57.7 Å². The van der Waals surface area contributed by atoms with Gasteiger partial charge in [0.05, 0.1) is 0 Å². The van der Waals surface area contributed by atoms with Crippen molar-refractivity contribution >= 4 is 10.9 Å². The van der Waals surface area contributed by atoms with Crippen molar-refractivity contribution in [3.8, 4) is 0 Å². The van der Waals surface area contributed by atoms with E-state index in [2.05, 4.69) is 43.1 Å². The zero-order chi connectivity index (χ0) is 14.7. The molecule has 3 rings (SSSR count). The van der Waals surface area contributed by atoms with Crippen LogP contribution in [0.4, 0.5) is 0 Å². The minimum Gasteiger partial charge on any atom is -0.358 e. The SMILES string of the molecule is CCCCC(CC)CC1CCc2[nH]c3ccccc3c2C1. The first-order valence-corrected chi connectivity index (χ1v) is 8.90. The van der Waals surface area contributed by atoms with Crippen LogP contribution in [0.2, 0.25) is 0 Å². The fourth-order valence-electron chi connectivity index (χ4n) is 4.10. The van der Waals surface area contributed by atoms with E-state index >= 15 is 0 Å². The molecule has 0 bridgehead atoms. The number of H-pyrrole nitrogens is 1. The molecule has 2 atom stereocenters. The highest BCUT2D eigenvalue weighted by Gasteiger charge is 2.24. The van der Waals surface area contributed by atoms with Crippen molar-refractivity contribution in [1.29, 1.82) is 0 Å². The second-order valence-corrected chi connectivity index (χ2v) is 6.89. The van der Waals surface area contributed by atoms with Crippen LogP contribution in [0.3, 0.4) is 0 Å². The number of benzene rings is 1. The topological polar surface area (TPSA) is 15.8 Å². The third-order valence-electron chi connectivity index (χ3n) is 5.41. The van der Waals surface area contributed by atoms with Gasteiger partial charge in [-0.25, -0.2) is 0 Å². The van der Waals surface area contributed by atoms with Crippen LogP contribution >= 0.6 is 0 Å². The van der Waals surface area contributed by atoms with Crippen molar-refractivity contribution in [2.45, 2.75) is 65.2 Å². The Morgan fingerprint density at radius 2 is 2.10 bits per heavy atom. The Morgan fingerprint density at radius 3 is 2.90 bits per heavy atom. The molecular weight excluding hydrogens is 254 g/mol. The lowest BCUT2D eigenvalue weighted by molar-refractivity contribution is 0.313. The molecule has 1 nitrogen and oxygen atoms in total. The normalized spacial score (nSPS) is 19.6. The predicted molar refractivity (Wildman–Crippen MR) is 91.7 cm³/mol. The Hall–Kier alpha value is -1.24. The molecule has 1 N–H and O–H groups in total. The van der Waals surface area contributed by atoms with Crippen molar-refractivity contribution in [1.82, 2.24) is 4.98 Å². The third kappa shape index (κ3) is 3.17. The zero-order valence-electron chi connectivity index (χ0n) is 13.6. The molecule has 114 valence electrons. The number of aromatic nitrogens is 1. The fourth-order valence-corrected chi connectivity index (χ4v) is 4.10. The summed E-state index contributed by atoms with van der Waals surface area (Å²) in [4.78, 5) is 3.64. The van der Waals surface area contributed by atoms with Crippen LogP contribution in [0.25, 0.3) is 10.9 Å². The van der Waals surface area contributed by atoms with Crippen LogP contribution < -0.4 is 0 Å². The second-order valence-electron chi connectivity index (χ2n) is 6.89. The summed E-state index contributed by atoms with van der Waals surface area (Å²) in [5.74, 6) is 1.85. The smallest absolute Gasteiger partial charge is 0.0458 e. The van der Waals surface area contributed by atoms with E-state index in [0.29, 0.717) is 0 Å². The number of hydrogen-bond donors (Lipinski definition) is 1. The van der Waals surface area contributed by atoms with Crippen molar-refractivity contribution in [2.75, 3.05) is 0 Å². The Balaban J connectivity index is 1.71. The van der Waals surface area contributed by atoms with Crippen LogP contribution in [0.5, 0.6) is 0 Å². The quantitative estimate of drug-likeness (QED) is 0.681. The maximum atomic E-state index is 3.64. The van der Waals surface area contributed by atoms with Crippen molar-refractivity contribution in [3.05, 3.63) is 35.5 Å². The summed E-state index contributed by atoms with van der Waals surface area (Å²) < 4.78 is 0. The summed E-state index contributed by atoms with van der Waals surface area (Å²) in [7, 11) is 0. The van der Waals surface area contributed by atoms with Gasteiger partial charge in [-0.3, -0.25) is 0 Å². The second kappa shape index (κ2) is 6.68. The van der Waals surface area contributed by atoms with Crippen molar-refractivity contribution in [3.63, 3.8) is 0 Å². The minimum absolute atomic E-state index is 0.901. The molecule has 1 heterocycles. The molecule has 2 unspecified atom stereocenters. The largest absolute Gasteiger partial charge is 0.358 e. The lowest BCUT2D eigenvalue weighted by atomic mass is 9.79. The van der Waals surface area contributed by atoms with Gasteiger partial charge in [0.2, 0.25) is 0 Å².